The van der Waals surface area contributed by atoms with E-state index in [0.717, 1.165) is 12.8 Å². The fourth-order valence-electron chi connectivity index (χ4n) is 4.88. The van der Waals surface area contributed by atoms with Crippen LogP contribution in [-0.2, 0) is 12.8 Å². The van der Waals surface area contributed by atoms with Crippen molar-refractivity contribution in [1.82, 2.24) is 0 Å². The van der Waals surface area contributed by atoms with E-state index < -0.39 is 0 Å². The van der Waals surface area contributed by atoms with Crippen LogP contribution in [-0.4, -0.2) is 0 Å². The van der Waals surface area contributed by atoms with Crippen molar-refractivity contribution in [3.8, 4) is 0 Å². The van der Waals surface area contributed by atoms with Crippen molar-refractivity contribution in [2.75, 3.05) is 0 Å². The summed E-state index contributed by atoms with van der Waals surface area (Å²) in [5, 5.41) is 8.14. The molecule has 1 aliphatic rings. The Morgan fingerprint density at radius 1 is 0.289 bits per heavy atom. The van der Waals surface area contributed by atoms with E-state index in [1.54, 1.807) is 0 Å². The van der Waals surface area contributed by atoms with Crippen LogP contribution in [0.5, 0.6) is 0 Å². The highest BCUT2D eigenvalue weighted by Crippen LogP contribution is 2.33. The van der Waals surface area contributed by atoms with Gasteiger partial charge < -0.3 is 0 Å². The van der Waals surface area contributed by atoms with Gasteiger partial charge in [-0.15, -0.1) is 0 Å². The number of fused-ring (bicyclic) bond motifs is 2. The lowest BCUT2D eigenvalue weighted by Crippen LogP contribution is -2.06. The van der Waals surface area contributed by atoms with E-state index in [-0.39, 0.29) is 0 Å². The van der Waals surface area contributed by atoms with Crippen molar-refractivity contribution in [3.63, 3.8) is 0 Å². The number of benzene rings is 6. The molecule has 0 aliphatic heterocycles. The van der Waals surface area contributed by atoms with Crippen LogP contribution >= 0.6 is 0 Å². The molecule has 0 saturated heterocycles. The standard InChI is InChI=1S/C16H10.C14H12.4C2H6/c1-3-11-7-9-13-5-2-6-14-10-8-12(4-1)15(11)16(13)14;1-2-6-12-10-14-8-4-3-7-13(14)9-11(12)5-1;4*1-2/h1-10H;1-8H,9-10H2;4*1-2H3. The van der Waals surface area contributed by atoms with Gasteiger partial charge in [0, 0.05) is 0 Å². The minimum atomic E-state index is 1.10. The predicted molar refractivity (Wildman–Crippen MR) is 174 cm³/mol. The molecule has 0 fully saturated rings. The summed E-state index contributed by atoms with van der Waals surface area (Å²) in [6, 6.07) is 39.4. The van der Waals surface area contributed by atoms with Crippen LogP contribution in [0.2, 0.25) is 0 Å². The van der Waals surface area contributed by atoms with Crippen LogP contribution in [0.25, 0.3) is 32.3 Å². The molecule has 0 atom stereocenters. The van der Waals surface area contributed by atoms with Crippen LogP contribution in [0.4, 0.5) is 0 Å². The summed E-state index contributed by atoms with van der Waals surface area (Å²) in [4.78, 5) is 0. The lowest BCUT2D eigenvalue weighted by molar-refractivity contribution is 1.00. The third kappa shape index (κ3) is 6.81. The van der Waals surface area contributed by atoms with Gasteiger partial charge in [-0.3, -0.25) is 0 Å². The SMILES string of the molecule is CC.CC.CC.CC.c1cc2ccc3cccc4ccc(c1)c2c34.c1ccc2c(c1)Cc1ccccc1C2. The Kier molecular flexibility index (Phi) is 13.1. The molecule has 1 aliphatic carbocycles. The summed E-state index contributed by atoms with van der Waals surface area (Å²) < 4.78 is 0. The second kappa shape index (κ2) is 16.3. The summed E-state index contributed by atoms with van der Waals surface area (Å²) in [6.45, 7) is 16.0. The summed E-state index contributed by atoms with van der Waals surface area (Å²) in [5.74, 6) is 0. The summed E-state index contributed by atoms with van der Waals surface area (Å²) in [7, 11) is 0. The summed E-state index contributed by atoms with van der Waals surface area (Å²) >= 11 is 0. The Bertz CT molecular complexity index is 1270. The van der Waals surface area contributed by atoms with Crippen LogP contribution in [0.1, 0.15) is 77.6 Å². The Morgan fingerprint density at radius 3 is 0.763 bits per heavy atom. The van der Waals surface area contributed by atoms with Gasteiger partial charge in [0.25, 0.3) is 0 Å². The average Bonchev–Trinajstić information content (AvgIpc) is 3.03. The number of hydrogen-bond acceptors (Lipinski definition) is 0. The largest absolute Gasteiger partial charge is 0.0683 e. The minimum Gasteiger partial charge on any atom is -0.0683 e. The van der Waals surface area contributed by atoms with Gasteiger partial charge in [0.2, 0.25) is 0 Å². The van der Waals surface area contributed by atoms with Crippen molar-refractivity contribution >= 4 is 32.3 Å². The first-order valence-electron chi connectivity index (χ1n) is 14.6. The third-order valence-corrected chi connectivity index (χ3v) is 6.39. The highest BCUT2D eigenvalue weighted by atomic mass is 14.2. The van der Waals surface area contributed by atoms with Gasteiger partial charge in [-0.05, 0) is 67.4 Å². The third-order valence-electron chi connectivity index (χ3n) is 6.39. The Balaban J connectivity index is 0.000000213. The van der Waals surface area contributed by atoms with E-state index in [1.807, 2.05) is 55.4 Å². The Morgan fingerprint density at radius 2 is 0.526 bits per heavy atom. The lowest BCUT2D eigenvalue weighted by atomic mass is 9.86. The molecule has 0 N–H and O–H groups in total. The van der Waals surface area contributed by atoms with E-state index in [9.17, 15) is 0 Å². The molecule has 6 aromatic rings. The number of rotatable bonds is 0. The van der Waals surface area contributed by atoms with Gasteiger partial charge in [-0.1, -0.05) is 165 Å². The fourth-order valence-corrected chi connectivity index (χ4v) is 4.88. The van der Waals surface area contributed by atoms with E-state index in [4.69, 9.17) is 0 Å². The molecule has 0 heteroatoms. The van der Waals surface area contributed by atoms with Crippen molar-refractivity contribution in [2.24, 2.45) is 0 Å². The zero-order valence-electron chi connectivity index (χ0n) is 24.8. The van der Waals surface area contributed by atoms with Crippen molar-refractivity contribution in [1.29, 1.82) is 0 Å². The highest BCUT2D eigenvalue weighted by Gasteiger charge is 2.13. The van der Waals surface area contributed by atoms with Gasteiger partial charge in [0.15, 0.2) is 0 Å². The van der Waals surface area contributed by atoms with Gasteiger partial charge in [-0.25, -0.2) is 0 Å². The summed E-state index contributed by atoms with van der Waals surface area (Å²) in [5.41, 5.74) is 5.97. The molecule has 0 unspecified atom stereocenters. The molecule has 0 bridgehead atoms. The molecule has 0 spiro atoms. The molecule has 0 radical (unpaired) electrons. The molecule has 0 saturated carbocycles. The first kappa shape index (κ1) is 30.6. The van der Waals surface area contributed by atoms with E-state index in [1.165, 1.54) is 54.6 Å². The molecular weight excluding hydrogens is 456 g/mol. The van der Waals surface area contributed by atoms with E-state index in [0.29, 0.717) is 0 Å². The smallest absolute Gasteiger partial charge is 0.00201 e. The van der Waals surface area contributed by atoms with Crippen LogP contribution in [0, 0.1) is 0 Å². The lowest BCUT2D eigenvalue weighted by Gasteiger charge is -2.18. The maximum Gasteiger partial charge on any atom is -0.00201 e. The molecule has 7 rings (SSSR count). The molecule has 198 valence electrons. The quantitative estimate of drug-likeness (QED) is 0.181. The molecule has 0 heterocycles. The zero-order valence-corrected chi connectivity index (χ0v) is 24.8. The van der Waals surface area contributed by atoms with Crippen molar-refractivity contribution in [2.45, 2.75) is 68.2 Å². The topological polar surface area (TPSA) is 0 Å². The van der Waals surface area contributed by atoms with Gasteiger partial charge >= 0.3 is 0 Å². The van der Waals surface area contributed by atoms with Crippen LogP contribution in [0.3, 0.4) is 0 Å². The molecule has 0 amide bonds. The van der Waals surface area contributed by atoms with Crippen molar-refractivity contribution < 1.29 is 0 Å². The molecule has 0 aromatic heterocycles. The first-order chi connectivity index (χ1) is 18.9. The predicted octanol–water partition coefficient (Wildman–Crippen LogP) is 11.9. The van der Waals surface area contributed by atoms with Crippen LogP contribution in [0.15, 0.2) is 109 Å². The molecule has 38 heavy (non-hydrogen) atoms. The zero-order chi connectivity index (χ0) is 27.9. The average molecular weight is 503 g/mol. The number of hydrogen-bond donors (Lipinski definition) is 0. The highest BCUT2D eigenvalue weighted by molar-refractivity contribution is 6.22. The monoisotopic (exact) mass is 502 g/mol. The molecule has 0 nitrogen and oxygen atoms in total. The Labute approximate surface area is 231 Å². The maximum atomic E-state index is 2.24. The first-order valence-corrected chi connectivity index (χ1v) is 14.6. The van der Waals surface area contributed by atoms with Crippen LogP contribution < -0.4 is 0 Å². The van der Waals surface area contributed by atoms with E-state index >= 15 is 0 Å². The second-order valence-corrected chi connectivity index (χ2v) is 8.18. The second-order valence-electron chi connectivity index (χ2n) is 8.18. The molecule has 6 aromatic carbocycles. The van der Waals surface area contributed by atoms with Gasteiger partial charge in [0.1, 0.15) is 0 Å². The van der Waals surface area contributed by atoms with Gasteiger partial charge in [0.05, 0.1) is 0 Å². The summed E-state index contributed by atoms with van der Waals surface area (Å²) in [6.07, 6.45) is 2.21. The van der Waals surface area contributed by atoms with Gasteiger partial charge in [-0.2, -0.15) is 0 Å². The molecular formula is C38H46. The fraction of sp³-hybridized carbons (Fsp3) is 0.263. The Hall–Kier alpha value is -3.64. The normalized spacial score (nSPS) is 10.4. The maximum absolute atomic E-state index is 2.24. The van der Waals surface area contributed by atoms with Crippen molar-refractivity contribution in [3.05, 3.63) is 131 Å². The van der Waals surface area contributed by atoms with E-state index in [2.05, 4.69) is 109 Å². The minimum absolute atomic E-state index is 1.10.